The molecule has 5 heteroatoms. The molecule has 0 rings (SSSR count). The number of esters is 2. The fourth-order valence-electron chi connectivity index (χ4n) is 0.704. The summed E-state index contributed by atoms with van der Waals surface area (Å²) in [5.41, 5.74) is 0.553. The van der Waals surface area contributed by atoms with Crippen LogP contribution in [0, 0.1) is 0 Å². The Balaban J connectivity index is 4.38. The number of ether oxygens (including phenoxy) is 2. The molecule has 0 atom stereocenters. The molecule has 0 fully saturated rings. The molecule has 0 spiro atoms. The topological polar surface area (TPSA) is 72.8 Å². The minimum Gasteiger partial charge on any atom is -0.421 e. The van der Waals surface area contributed by atoms with Crippen LogP contribution in [0.1, 0.15) is 20.8 Å². The molecule has 0 amide bonds. The second-order valence-electron chi connectivity index (χ2n) is 2.76. The van der Waals surface area contributed by atoms with Gasteiger partial charge in [-0.05, 0) is 18.6 Å². The van der Waals surface area contributed by atoms with E-state index in [2.05, 4.69) is 9.47 Å². The summed E-state index contributed by atoms with van der Waals surface area (Å²) in [7, 11) is 0. The van der Waals surface area contributed by atoms with Crippen LogP contribution in [0.4, 0.5) is 0 Å². The molecule has 0 aliphatic rings. The molecule has 0 aliphatic carbocycles. The number of hydrogen-bond acceptors (Lipinski definition) is 5. The molecule has 0 heterocycles. The van der Waals surface area contributed by atoms with Gasteiger partial charge in [0.2, 0.25) is 0 Å². The fourth-order valence-corrected chi connectivity index (χ4v) is 0.704. The lowest BCUT2D eigenvalue weighted by Crippen LogP contribution is -2.20. The number of hydrogen-bond donors (Lipinski definition) is 1. The third-order valence-corrected chi connectivity index (χ3v) is 1.23. The van der Waals surface area contributed by atoms with Crippen molar-refractivity contribution in [1.29, 1.82) is 0 Å². The number of rotatable bonds is 4. The molecule has 0 unspecified atom stereocenters. The van der Waals surface area contributed by atoms with Crippen molar-refractivity contribution >= 4 is 11.9 Å². The van der Waals surface area contributed by atoms with E-state index in [1.807, 2.05) is 0 Å². The lowest BCUT2D eigenvalue weighted by molar-refractivity contribution is -0.176. The summed E-state index contributed by atoms with van der Waals surface area (Å²) in [5, 5.41) is 8.70. The van der Waals surface area contributed by atoms with Crippen molar-refractivity contribution in [3.8, 4) is 0 Å². The maximum atomic E-state index is 10.6. The molecule has 0 aromatic rings. The van der Waals surface area contributed by atoms with E-state index in [4.69, 9.17) is 5.11 Å². The van der Waals surface area contributed by atoms with E-state index in [0.29, 0.717) is 5.57 Å². The quantitative estimate of drug-likeness (QED) is 0.405. The average molecular weight is 202 g/mol. The second-order valence-corrected chi connectivity index (χ2v) is 2.76. The van der Waals surface area contributed by atoms with Gasteiger partial charge in [-0.3, -0.25) is 9.59 Å². The number of aliphatic hydroxyl groups is 1. The normalized spacial score (nSPS) is 11.4. The van der Waals surface area contributed by atoms with Crippen LogP contribution in [0.5, 0.6) is 0 Å². The van der Waals surface area contributed by atoms with Crippen LogP contribution >= 0.6 is 0 Å². The first kappa shape index (κ1) is 12.6. The van der Waals surface area contributed by atoms with E-state index in [0.717, 1.165) is 0 Å². The van der Waals surface area contributed by atoms with Gasteiger partial charge in [-0.25, -0.2) is 0 Å². The van der Waals surface area contributed by atoms with E-state index >= 15 is 0 Å². The van der Waals surface area contributed by atoms with Gasteiger partial charge in [-0.2, -0.15) is 0 Å². The maximum Gasteiger partial charge on any atom is 0.305 e. The van der Waals surface area contributed by atoms with Gasteiger partial charge in [-0.1, -0.05) is 0 Å². The fraction of sp³-hybridized carbons (Fsp3) is 0.556. The Morgan fingerprint density at radius 3 is 1.93 bits per heavy atom. The minimum atomic E-state index is -1.06. The molecule has 14 heavy (non-hydrogen) atoms. The van der Waals surface area contributed by atoms with Gasteiger partial charge < -0.3 is 14.6 Å². The molecule has 0 bridgehead atoms. The van der Waals surface area contributed by atoms with Crippen LogP contribution in [-0.4, -0.2) is 29.9 Å². The van der Waals surface area contributed by atoms with Crippen LogP contribution < -0.4 is 0 Å². The monoisotopic (exact) mass is 202 g/mol. The summed E-state index contributed by atoms with van der Waals surface area (Å²) in [6.07, 6.45) is 0.306. The van der Waals surface area contributed by atoms with E-state index in [1.165, 1.54) is 19.9 Å². The van der Waals surface area contributed by atoms with Crippen LogP contribution in [0.15, 0.2) is 11.6 Å². The highest BCUT2D eigenvalue weighted by Gasteiger charge is 2.11. The van der Waals surface area contributed by atoms with E-state index in [1.54, 1.807) is 6.92 Å². The lowest BCUT2D eigenvalue weighted by Gasteiger charge is -2.13. The van der Waals surface area contributed by atoms with Gasteiger partial charge in [-0.15, -0.1) is 0 Å². The number of aliphatic hydroxyl groups excluding tert-OH is 1. The standard InChI is InChI=1S/C9H14O5/c1-6(5-10)4-9(13-7(2)11)14-8(3)12/h4,9-10H,5H2,1-3H3/b6-4+. The Morgan fingerprint density at radius 2 is 1.64 bits per heavy atom. The predicted molar refractivity (Wildman–Crippen MR) is 48.2 cm³/mol. The van der Waals surface area contributed by atoms with Crippen molar-refractivity contribution in [2.45, 2.75) is 27.1 Å². The van der Waals surface area contributed by atoms with Gasteiger partial charge in [0.25, 0.3) is 6.29 Å². The largest absolute Gasteiger partial charge is 0.421 e. The first-order chi connectivity index (χ1) is 6.45. The molecule has 1 N–H and O–H groups in total. The van der Waals surface area contributed by atoms with Crippen molar-refractivity contribution in [3.63, 3.8) is 0 Å². The highest BCUT2D eigenvalue weighted by molar-refractivity contribution is 5.68. The van der Waals surface area contributed by atoms with Gasteiger partial charge in [0, 0.05) is 13.8 Å². The maximum absolute atomic E-state index is 10.6. The Kier molecular flexibility index (Phi) is 5.55. The zero-order valence-corrected chi connectivity index (χ0v) is 8.44. The summed E-state index contributed by atoms with van der Waals surface area (Å²) >= 11 is 0. The molecule has 0 saturated heterocycles. The van der Waals surface area contributed by atoms with E-state index in [-0.39, 0.29) is 6.61 Å². The molecule has 80 valence electrons. The molecule has 5 nitrogen and oxygen atoms in total. The number of carbonyl (C=O) groups excluding carboxylic acids is 2. The van der Waals surface area contributed by atoms with Gasteiger partial charge in [0.15, 0.2) is 0 Å². The lowest BCUT2D eigenvalue weighted by atomic mass is 10.3. The predicted octanol–water partition coefficient (Wildman–Crippen LogP) is 0.377. The van der Waals surface area contributed by atoms with Crippen molar-refractivity contribution in [2.75, 3.05) is 6.61 Å². The first-order valence-corrected chi connectivity index (χ1v) is 4.08. The summed E-state index contributed by atoms with van der Waals surface area (Å²) < 4.78 is 9.33. The van der Waals surface area contributed by atoms with Crippen LogP contribution in [0.2, 0.25) is 0 Å². The van der Waals surface area contributed by atoms with Crippen molar-refractivity contribution in [1.82, 2.24) is 0 Å². The SMILES string of the molecule is CC(=O)OC(/C=C(\C)CO)OC(C)=O. The summed E-state index contributed by atoms with van der Waals surface area (Å²) in [5.74, 6) is -1.11. The highest BCUT2D eigenvalue weighted by Crippen LogP contribution is 2.02. The first-order valence-electron chi connectivity index (χ1n) is 4.08. The zero-order chi connectivity index (χ0) is 11.1. The van der Waals surface area contributed by atoms with Gasteiger partial charge in [0.05, 0.1) is 6.61 Å². The molecule has 0 saturated carbocycles. The third kappa shape index (κ3) is 6.19. The Bertz CT molecular complexity index is 228. The second kappa shape index (κ2) is 6.15. The van der Waals surface area contributed by atoms with Crippen molar-refractivity contribution in [2.24, 2.45) is 0 Å². The van der Waals surface area contributed by atoms with Crippen molar-refractivity contribution in [3.05, 3.63) is 11.6 Å². The van der Waals surface area contributed by atoms with Crippen LogP contribution in [0.3, 0.4) is 0 Å². The summed E-state index contributed by atoms with van der Waals surface area (Å²) in [6.45, 7) is 3.86. The minimum absolute atomic E-state index is 0.182. The van der Waals surface area contributed by atoms with Gasteiger partial charge >= 0.3 is 11.9 Å². The van der Waals surface area contributed by atoms with E-state index < -0.39 is 18.2 Å². The third-order valence-electron chi connectivity index (χ3n) is 1.23. The molecule has 0 aromatic heterocycles. The number of carbonyl (C=O) groups is 2. The zero-order valence-electron chi connectivity index (χ0n) is 8.44. The highest BCUT2D eigenvalue weighted by atomic mass is 16.7. The smallest absolute Gasteiger partial charge is 0.305 e. The molecule has 0 aromatic carbocycles. The van der Waals surface area contributed by atoms with Crippen LogP contribution in [-0.2, 0) is 19.1 Å². The Labute approximate surface area is 82.3 Å². The average Bonchev–Trinajstić information content (AvgIpc) is 2.01. The van der Waals surface area contributed by atoms with E-state index in [9.17, 15) is 9.59 Å². The molecular weight excluding hydrogens is 188 g/mol. The Hall–Kier alpha value is -1.36. The molecule has 0 aliphatic heterocycles. The summed E-state index contributed by atoms with van der Waals surface area (Å²) in [6, 6.07) is 0. The summed E-state index contributed by atoms with van der Waals surface area (Å²) in [4.78, 5) is 21.2. The van der Waals surface area contributed by atoms with Crippen LogP contribution in [0.25, 0.3) is 0 Å². The van der Waals surface area contributed by atoms with Crippen molar-refractivity contribution < 1.29 is 24.2 Å². The van der Waals surface area contributed by atoms with Gasteiger partial charge in [0.1, 0.15) is 0 Å². The Morgan fingerprint density at radius 1 is 1.21 bits per heavy atom. The molecule has 0 radical (unpaired) electrons. The molecular formula is C9H14O5.